The lowest BCUT2D eigenvalue weighted by atomic mass is 10.0. The molecule has 0 spiro atoms. The second kappa shape index (κ2) is 7.93. The summed E-state index contributed by atoms with van der Waals surface area (Å²) < 4.78 is 24.6. The molecule has 33 heavy (non-hydrogen) atoms. The summed E-state index contributed by atoms with van der Waals surface area (Å²) in [6, 6.07) is 9.93. The van der Waals surface area contributed by atoms with Crippen molar-refractivity contribution in [1.82, 2.24) is 10.1 Å². The summed E-state index contributed by atoms with van der Waals surface area (Å²) >= 11 is 6.27. The van der Waals surface area contributed by atoms with Crippen LogP contribution in [-0.2, 0) is 9.53 Å². The first kappa shape index (κ1) is 20.3. The minimum Gasteiger partial charge on any atom is -0.376 e. The van der Waals surface area contributed by atoms with Gasteiger partial charge in [-0.25, -0.2) is 4.39 Å². The molecule has 0 saturated carbocycles. The molecule has 6 rings (SSSR count). The maximum absolute atomic E-state index is 13.7. The SMILES string of the molecule is O=C1C2C(c3nc(-c4ccc(F)cc4)no3)N=CN2c2ccc(Cl)cc2N1CC1CCCO1. The minimum atomic E-state index is -0.671. The van der Waals surface area contributed by atoms with Crippen LogP contribution >= 0.6 is 11.6 Å². The average molecular weight is 468 g/mol. The quantitative estimate of drug-likeness (QED) is 0.576. The molecule has 3 unspecified atom stereocenters. The molecular weight excluding hydrogens is 449 g/mol. The smallest absolute Gasteiger partial charge is 0.254 e. The maximum atomic E-state index is 13.7. The molecule has 3 aliphatic rings. The molecule has 10 heteroatoms. The second-order valence-electron chi connectivity index (χ2n) is 8.24. The van der Waals surface area contributed by atoms with E-state index in [9.17, 15) is 9.18 Å². The van der Waals surface area contributed by atoms with Gasteiger partial charge in [0.25, 0.3) is 11.8 Å². The number of ether oxygens (including phenoxy) is 1. The van der Waals surface area contributed by atoms with Crippen molar-refractivity contribution in [2.24, 2.45) is 4.99 Å². The van der Waals surface area contributed by atoms with Crippen LogP contribution in [0.2, 0.25) is 5.02 Å². The third-order valence-corrected chi connectivity index (χ3v) is 6.42. The number of fused-ring (bicyclic) bond motifs is 3. The zero-order valence-corrected chi connectivity index (χ0v) is 18.2. The highest BCUT2D eigenvalue weighted by Gasteiger charge is 2.48. The van der Waals surface area contributed by atoms with E-state index < -0.39 is 12.1 Å². The summed E-state index contributed by atoms with van der Waals surface area (Å²) in [4.78, 5) is 26.3. The zero-order valence-electron chi connectivity index (χ0n) is 17.4. The molecule has 3 aromatic rings. The minimum absolute atomic E-state index is 0.0263. The van der Waals surface area contributed by atoms with Crippen molar-refractivity contribution in [2.75, 3.05) is 23.0 Å². The average Bonchev–Trinajstić information content (AvgIpc) is 3.57. The Morgan fingerprint density at radius 1 is 1.15 bits per heavy atom. The fraction of sp³-hybridized carbons (Fsp3) is 0.304. The van der Waals surface area contributed by atoms with Gasteiger partial charge < -0.3 is 19.1 Å². The van der Waals surface area contributed by atoms with E-state index in [1.54, 1.807) is 35.5 Å². The van der Waals surface area contributed by atoms with Crippen molar-refractivity contribution in [3.05, 3.63) is 59.2 Å². The number of carbonyl (C=O) groups excluding carboxylic acids is 1. The molecule has 0 radical (unpaired) electrons. The number of aliphatic imine (C=N–C) groups is 1. The van der Waals surface area contributed by atoms with Gasteiger partial charge in [-0.3, -0.25) is 9.79 Å². The molecule has 1 fully saturated rings. The van der Waals surface area contributed by atoms with E-state index >= 15 is 0 Å². The van der Waals surface area contributed by atoms with Crippen LogP contribution in [0, 0.1) is 5.82 Å². The van der Waals surface area contributed by atoms with E-state index in [4.69, 9.17) is 20.9 Å². The third kappa shape index (κ3) is 3.48. The highest BCUT2D eigenvalue weighted by atomic mass is 35.5. The summed E-state index contributed by atoms with van der Waals surface area (Å²) in [6.45, 7) is 1.14. The van der Waals surface area contributed by atoms with Gasteiger partial charge in [0.1, 0.15) is 11.9 Å². The summed E-state index contributed by atoms with van der Waals surface area (Å²) in [5.41, 5.74) is 2.16. The number of hydrogen-bond donors (Lipinski definition) is 0. The zero-order chi connectivity index (χ0) is 22.5. The largest absolute Gasteiger partial charge is 0.376 e. The molecule has 8 nitrogen and oxygen atoms in total. The van der Waals surface area contributed by atoms with Gasteiger partial charge in [0.2, 0.25) is 5.82 Å². The van der Waals surface area contributed by atoms with Crippen LogP contribution in [0.4, 0.5) is 15.8 Å². The number of halogens is 2. The number of benzene rings is 2. The molecule has 1 aromatic heterocycles. The van der Waals surface area contributed by atoms with Gasteiger partial charge in [-0.05, 0) is 55.3 Å². The first-order chi connectivity index (χ1) is 16.1. The standard InChI is InChI=1S/C23H19ClFN5O3/c24-14-5-8-17-18(10-14)29(11-16-2-1-9-32-16)23(31)20-19(26-12-30(17)20)22-27-21(28-33-22)13-3-6-15(25)7-4-13/h3-8,10,12,16,19-20H,1-2,9,11H2. The fourth-order valence-corrected chi connectivity index (χ4v) is 4.74. The highest BCUT2D eigenvalue weighted by molar-refractivity contribution is 6.31. The monoisotopic (exact) mass is 467 g/mol. The maximum Gasteiger partial charge on any atom is 0.254 e. The first-order valence-electron chi connectivity index (χ1n) is 10.7. The Morgan fingerprint density at radius 3 is 2.79 bits per heavy atom. The fourth-order valence-electron chi connectivity index (χ4n) is 4.58. The van der Waals surface area contributed by atoms with Crippen LogP contribution in [0.3, 0.4) is 0 Å². The third-order valence-electron chi connectivity index (χ3n) is 6.18. The lowest BCUT2D eigenvalue weighted by Crippen LogP contribution is -2.54. The Balaban J connectivity index is 1.35. The predicted molar refractivity (Wildman–Crippen MR) is 120 cm³/mol. The van der Waals surface area contributed by atoms with Crippen molar-refractivity contribution >= 4 is 35.2 Å². The molecule has 1 saturated heterocycles. The van der Waals surface area contributed by atoms with Gasteiger partial charge in [-0.2, -0.15) is 4.98 Å². The Hall–Kier alpha value is -3.30. The van der Waals surface area contributed by atoms with Crippen LogP contribution in [0.25, 0.3) is 11.4 Å². The first-order valence-corrected chi connectivity index (χ1v) is 11.1. The van der Waals surface area contributed by atoms with Gasteiger partial charge in [-0.1, -0.05) is 16.8 Å². The topological polar surface area (TPSA) is 84.1 Å². The van der Waals surface area contributed by atoms with Gasteiger partial charge in [-0.15, -0.1) is 0 Å². The van der Waals surface area contributed by atoms with Crippen LogP contribution < -0.4 is 9.80 Å². The Labute approximate surface area is 193 Å². The van der Waals surface area contributed by atoms with Crippen molar-refractivity contribution in [3.8, 4) is 11.4 Å². The molecule has 168 valence electrons. The number of amides is 1. The Bertz CT molecular complexity index is 1240. The summed E-state index contributed by atoms with van der Waals surface area (Å²) in [5.74, 6) is 0.0481. The van der Waals surface area contributed by atoms with Crippen molar-refractivity contribution < 1.29 is 18.4 Å². The second-order valence-corrected chi connectivity index (χ2v) is 8.68. The molecule has 0 bridgehead atoms. The number of aromatic nitrogens is 2. The van der Waals surface area contributed by atoms with Crippen molar-refractivity contribution in [2.45, 2.75) is 31.0 Å². The highest BCUT2D eigenvalue weighted by Crippen LogP contribution is 2.44. The van der Waals surface area contributed by atoms with Crippen LogP contribution in [0.5, 0.6) is 0 Å². The van der Waals surface area contributed by atoms with E-state index in [1.165, 1.54) is 12.1 Å². The number of hydrogen-bond acceptors (Lipinski definition) is 7. The molecule has 4 heterocycles. The molecule has 0 N–H and O–H groups in total. The summed E-state index contributed by atoms with van der Waals surface area (Å²) in [7, 11) is 0. The molecular formula is C23H19ClFN5O3. The summed E-state index contributed by atoms with van der Waals surface area (Å²) in [6.07, 6.45) is 3.48. The molecule has 3 atom stereocenters. The Morgan fingerprint density at radius 2 is 2.00 bits per heavy atom. The number of anilines is 2. The van der Waals surface area contributed by atoms with Gasteiger partial charge >= 0.3 is 0 Å². The van der Waals surface area contributed by atoms with Gasteiger partial charge in [0, 0.05) is 17.2 Å². The van der Waals surface area contributed by atoms with Gasteiger partial charge in [0.15, 0.2) is 6.04 Å². The molecule has 2 aromatic carbocycles. The predicted octanol–water partition coefficient (Wildman–Crippen LogP) is 4.01. The number of carbonyl (C=O) groups is 1. The molecule has 0 aliphatic carbocycles. The van der Waals surface area contributed by atoms with E-state index in [2.05, 4.69) is 15.1 Å². The van der Waals surface area contributed by atoms with Gasteiger partial charge in [0.05, 0.1) is 30.4 Å². The van der Waals surface area contributed by atoms with E-state index in [0.717, 1.165) is 24.2 Å². The lowest BCUT2D eigenvalue weighted by molar-refractivity contribution is -0.120. The summed E-state index contributed by atoms with van der Waals surface area (Å²) in [5, 5.41) is 4.57. The lowest BCUT2D eigenvalue weighted by Gasteiger charge is -2.40. The van der Waals surface area contributed by atoms with E-state index in [1.807, 2.05) is 11.0 Å². The normalized spacial score (nSPS) is 23.8. The molecule has 3 aliphatic heterocycles. The van der Waals surface area contributed by atoms with Crippen molar-refractivity contribution in [1.29, 1.82) is 0 Å². The van der Waals surface area contributed by atoms with Crippen LogP contribution in [-0.4, -0.2) is 47.7 Å². The Kier molecular flexibility index (Phi) is 4.88. The number of rotatable bonds is 4. The van der Waals surface area contributed by atoms with Crippen LogP contribution in [0.15, 0.2) is 52.0 Å². The van der Waals surface area contributed by atoms with Crippen LogP contribution in [0.1, 0.15) is 24.8 Å². The van der Waals surface area contributed by atoms with Crippen molar-refractivity contribution in [3.63, 3.8) is 0 Å². The van der Waals surface area contributed by atoms with E-state index in [-0.39, 0.29) is 23.7 Å². The number of nitrogens with zero attached hydrogens (tertiary/aromatic N) is 5. The van der Waals surface area contributed by atoms with E-state index in [0.29, 0.717) is 29.6 Å². The molecule has 1 amide bonds.